The van der Waals surface area contributed by atoms with E-state index in [0.717, 1.165) is 62.1 Å². The molecule has 0 aromatic heterocycles. The molecule has 0 bridgehead atoms. The predicted octanol–water partition coefficient (Wildman–Crippen LogP) is 8.83. The summed E-state index contributed by atoms with van der Waals surface area (Å²) < 4.78 is 30.8. The fraction of sp³-hybridized carbons (Fsp3) is 0.429. The summed E-state index contributed by atoms with van der Waals surface area (Å²) in [5, 5.41) is 0. The molecule has 0 N–H and O–H groups in total. The van der Waals surface area contributed by atoms with Gasteiger partial charge in [0, 0.05) is 13.2 Å². The van der Waals surface area contributed by atoms with Crippen LogP contribution >= 0.6 is 0 Å². The lowest BCUT2D eigenvalue weighted by atomic mass is 9.82. The van der Waals surface area contributed by atoms with Gasteiger partial charge < -0.3 is 14.2 Å². The van der Waals surface area contributed by atoms with Gasteiger partial charge in [0.05, 0.1) is 23.8 Å². The second kappa shape index (κ2) is 15.5. The first-order chi connectivity index (χ1) is 19.7. The molecule has 0 amide bonds. The van der Waals surface area contributed by atoms with E-state index in [2.05, 4.69) is 45.0 Å². The molecule has 2 unspecified atom stereocenters. The summed E-state index contributed by atoms with van der Waals surface area (Å²) in [7, 11) is 1.74. The minimum atomic E-state index is -0.793. The highest BCUT2D eigenvalue weighted by atomic mass is 19.1. The summed E-state index contributed by atoms with van der Waals surface area (Å²) in [6, 6.07) is 19.2. The van der Waals surface area contributed by atoms with Gasteiger partial charge in [0.1, 0.15) is 11.6 Å². The molecule has 0 aliphatic rings. The van der Waals surface area contributed by atoms with Crippen LogP contribution in [0.25, 0.3) is 11.1 Å². The van der Waals surface area contributed by atoms with Crippen molar-refractivity contribution in [3.8, 4) is 16.9 Å². The van der Waals surface area contributed by atoms with Gasteiger partial charge in [0.15, 0.2) is 0 Å². The standard InChI is InChI=1S/C35H43FO5/c1-6-8-9-10-11-25(3)40-34(38)31-21-20-30(22-32(31)36)41-33(37)29-18-16-28(17-19-29)27-14-12-26(13-15-27)23-35(4,7-2)24-39-5/h12-22,25H,6-11,23-24H2,1-5H3. The molecule has 5 nitrogen and oxygen atoms in total. The van der Waals surface area contributed by atoms with Crippen LogP contribution in [0.15, 0.2) is 66.7 Å². The molecule has 3 rings (SSSR count). The summed E-state index contributed by atoms with van der Waals surface area (Å²) >= 11 is 0. The molecular formula is C35H43FO5. The molecule has 0 spiro atoms. The van der Waals surface area contributed by atoms with E-state index in [4.69, 9.17) is 14.2 Å². The predicted molar refractivity (Wildman–Crippen MR) is 161 cm³/mol. The second-order valence-electron chi connectivity index (χ2n) is 11.1. The molecule has 0 heterocycles. The Morgan fingerprint density at radius 2 is 1.54 bits per heavy atom. The van der Waals surface area contributed by atoms with E-state index in [9.17, 15) is 14.0 Å². The van der Waals surface area contributed by atoms with Crippen molar-refractivity contribution in [2.75, 3.05) is 13.7 Å². The van der Waals surface area contributed by atoms with Gasteiger partial charge >= 0.3 is 11.9 Å². The zero-order chi connectivity index (χ0) is 29.8. The summed E-state index contributed by atoms with van der Waals surface area (Å²) in [6.07, 6.45) is 6.71. The minimum Gasteiger partial charge on any atom is -0.459 e. The van der Waals surface area contributed by atoms with Crippen LogP contribution in [0, 0.1) is 11.2 Å². The maximum atomic E-state index is 14.7. The zero-order valence-electron chi connectivity index (χ0n) is 25.0. The third-order valence-electron chi connectivity index (χ3n) is 7.53. The second-order valence-corrected chi connectivity index (χ2v) is 11.1. The van der Waals surface area contributed by atoms with Crippen molar-refractivity contribution in [1.82, 2.24) is 0 Å². The van der Waals surface area contributed by atoms with Crippen LogP contribution in [0.5, 0.6) is 5.75 Å². The number of carbonyl (C=O) groups excluding carboxylic acids is 2. The molecule has 0 saturated heterocycles. The first kappa shape index (κ1) is 32.0. The third-order valence-corrected chi connectivity index (χ3v) is 7.53. The summed E-state index contributed by atoms with van der Waals surface area (Å²) in [5.74, 6) is -2.11. The molecular weight excluding hydrogens is 519 g/mol. The van der Waals surface area contributed by atoms with E-state index in [1.54, 1.807) is 19.2 Å². The monoisotopic (exact) mass is 562 g/mol. The summed E-state index contributed by atoms with van der Waals surface area (Å²) in [5.41, 5.74) is 3.51. The Labute approximate surface area is 244 Å². The van der Waals surface area contributed by atoms with Crippen molar-refractivity contribution in [1.29, 1.82) is 0 Å². The largest absolute Gasteiger partial charge is 0.459 e. The first-order valence-electron chi connectivity index (χ1n) is 14.6. The Hall–Kier alpha value is -3.51. The number of hydrogen-bond donors (Lipinski definition) is 0. The zero-order valence-corrected chi connectivity index (χ0v) is 25.0. The van der Waals surface area contributed by atoms with Crippen molar-refractivity contribution < 1.29 is 28.2 Å². The van der Waals surface area contributed by atoms with Crippen molar-refractivity contribution >= 4 is 11.9 Å². The van der Waals surface area contributed by atoms with Crippen LogP contribution in [-0.4, -0.2) is 31.8 Å². The molecule has 3 aromatic carbocycles. The smallest absolute Gasteiger partial charge is 0.343 e. The minimum absolute atomic E-state index is 0.0175. The van der Waals surface area contributed by atoms with Crippen LogP contribution in [-0.2, 0) is 15.9 Å². The average molecular weight is 563 g/mol. The maximum absolute atomic E-state index is 14.7. The summed E-state index contributed by atoms with van der Waals surface area (Å²) in [6.45, 7) is 9.07. The van der Waals surface area contributed by atoms with Crippen LogP contribution in [0.3, 0.4) is 0 Å². The van der Waals surface area contributed by atoms with E-state index in [1.807, 2.05) is 19.1 Å². The molecule has 0 aliphatic carbocycles. The number of esters is 2. The van der Waals surface area contributed by atoms with Gasteiger partial charge in [-0.15, -0.1) is 0 Å². The number of unbranched alkanes of at least 4 members (excludes halogenated alkanes) is 3. The Bertz CT molecular complexity index is 1270. The lowest BCUT2D eigenvalue weighted by Gasteiger charge is -2.27. The van der Waals surface area contributed by atoms with Crippen LogP contribution in [0.2, 0.25) is 0 Å². The summed E-state index contributed by atoms with van der Waals surface area (Å²) in [4.78, 5) is 25.1. The van der Waals surface area contributed by atoms with E-state index in [1.165, 1.54) is 17.7 Å². The fourth-order valence-electron chi connectivity index (χ4n) is 4.79. The highest BCUT2D eigenvalue weighted by molar-refractivity contribution is 5.92. The van der Waals surface area contributed by atoms with Gasteiger partial charge in [-0.25, -0.2) is 14.0 Å². The van der Waals surface area contributed by atoms with Crippen LogP contribution in [0.4, 0.5) is 4.39 Å². The molecule has 2 atom stereocenters. The molecule has 0 fully saturated rings. The van der Waals surface area contributed by atoms with E-state index in [-0.39, 0.29) is 22.8 Å². The highest BCUT2D eigenvalue weighted by Gasteiger charge is 2.22. The fourth-order valence-corrected chi connectivity index (χ4v) is 4.79. The molecule has 6 heteroatoms. The van der Waals surface area contributed by atoms with Gasteiger partial charge in [0.25, 0.3) is 0 Å². The van der Waals surface area contributed by atoms with Gasteiger partial charge in [-0.1, -0.05) is 76.4 Å². The Morgan fingerprint density at radius 3 is 2.12 bits per heavy atom. The number of carbonyl (C=O) groups is 2. The van der Waals surface area contributed by atoms with Crippen molar-refractivity contribution in [2.45, 2.75) is 78.7 Å². The lowest BCUT2D eigenvalue weighted by Crippen LogP contribution is -2.24. The Morgan fingerprint density at radius 1 is 0.878 bits per heavy atom. The van der Waals surface area contributed by atoms with Crippen LogP contribution in [0.1, 0.15) is 92.5 Å². The first-order valence-corrected chi connectivity index (χ1v) is 14.6. The number of ether oxygens (including phenoxy) is 3. The van der Waals surface area contributed by atoms with Gasteiger partial charge in [-0.2, -0.15) is 0 Å². The van der Waals surface area contributed by atoms with Gasteiger partial charge in [-0.05, 0) is 79.0 Å². The molecule has 41 heavy (non-hydrogen) atoms. The lowest BCUT2D eigenvalue weighted by molar-refractivity contribution is 0.0314. The SMILES string of the molecule is CCCCCCC(C)OC(=O)c1ccc(OC(=O)c2ccc(-c3ccc(CC(C)(CC)COC)cc3)cc2)cc1F. The average Bonchev–Trinajstić information content (AvgIpc) is 2.96. The molecule has 3 aromatic rings. The number of halogens is 1. The van der Waals surface area contributed by atoms with E-state index < -0.39 is 17.8 Å². The number of rotatable bonds is 15. The molecule has 220 valence electrons. The van der Waals surface area contributed by atoms with Crippen molar-refractivity contribution in [3.63, 3.8) is 0 Å². The molecule has 0 radical (unpaired) electrons. The van der Waals surface area contributed by atoms with Gasteiger partial charge in [-0.3, -0.25) is 0 Å². The molecule has 0 aliphatic heterocycles. The topological polar surface area (TPSA) is 61.8 Å². The van der Waals surface area contributed by atoms with E-state index in [0.29, 0.717) is 12.2 Å². The number of benzene rings is 3. The number of methoxy groups -OCH3 is 1. The van der Waals surface area contributed by atoms with E-state index >= 15 is 0 Å². The number of hydrogen-bond acceptors (Lipinski definition) is 5. The van der Waals surface area contributed by atoms with Crippen molar-refractivity contribution in [3.05, 3.63) is 89.2 Å². The third kappa shape index (κ3) is 9.53. The van der Waals surface area contributed by atoms with Crippen LogP contribution < -0.4 is 4.74 Å². The molecule has 0 saturated carbocycles. The normalized spacial score (nSPS) is 13.3. The Balaban J connectivity index is 1.58. The van der Waals surface area contributed by atoms with Gasteiger partial charge in [0.2, 0.25) is 0 Å². The Kier molecular flexibility index (Phi) is 12.1. The maximum Gasteiger partial charge on any atom is 0.343 e. The van der Waals surface area contributed by atoms with Crippen molar-refractivity contribution in [2.24, 2.45) is 5.41 Å². The quantitative estimate of drug-likeness (QED) is 0.105. The highest BCUT2D eigenvalue weighted by Crippen LogP contribution is 2.29.